The highest BCUT2D eigenvalue weighted by molar-refractivity contribution is 6.12. The van der Waals surface area contributed by atoms with Crippen LogP contribution in [-0.4, -0.2) is 35.6 Å². The lowest BCUT2D eigenvalue weighted by molar-refractivity contribution is -0.186. The van der Waals surface area contributed by atoms with Crippen LogP contribution in [0.25, 0.3) is 0 Å². The standard InChI is InChI=1S/C22H24O8/c1-12(2)22(27)29-14(4)28-19(25)11-17(24)18-10-15-16(23)9-7-5-6-8-13(3)20(26)21(15)30-18/h5-8,10,12-14H,9,11H2,1-4H3/b7-5-,8-6-. The Hall–Kier alpha value is -3.29. The highest BCUT2D eigenvalue weighted by atomic mass is 16.7. The Balaban J connectivity index is 2.14. The average Bonchev–Trinajstić information content (AvgIpc) is 3.11. The fraction of sp³-hybridized carbons (Fsp3) is 0.409. The smallest absolute Gasteiger partial charge is 0.316 e. The van der Waals surface area contributed by atoms with Gasteiger partial charge in [-0.25, -0.2) is 0 Å². The molecule has 0 aliphatic heterocycles. The molecule has 0 N–H and O–H groups in total. The van der Waals surface area contributed by atoms with Crippen molar-refractivity contribution in [2.45, 2.75) is 46.8 Å². The van der Waals surface area contributed by atoms with Crippen LogP contribution in [0.5, 0.6) is 0 Å². The summed E-state index contributed by atoms with van der Waals surface area (Å²) in [6.07, 6.45) is 4.80. The van der Waals surface area contributed by atoms with Gasteiger partial charge in [0, 0.05) is 19.3 Å². The normalized spacial score (nSPS) is 19.6. The second-order valence-electron chi connectivity index (χ2n) is 7.20. The van der Waals surface area contributed by atoms with Gasteiger partial charge in [-0.1, -0.05) is 45.1 Å². The number of ketones is 3. The number of allylic oxidation sites excluding steroid dienone is 4. The third-order valence-corrected chi connectivity index (χ3v) is 4.25. The number of esters is 2. The van der Waals surface area contributed by atoms with Crippen molar-refractivity contribution in [3.63, 3.8) is 0 Å². The molecule has 160 valence electrons. The first kappa shape index (κ1) is 23.0. The van der Waals surface area contributed by atoms with Crippen LogP contribution in [0.2, 0.25) is 0 Å². The molecule has 0 fully saturated rings. The summed E-state index contributed by atoms with van der Waals surface area (Å²) in [5.41, 5.74) is 0.00255. The molecule has 1 aromatic rings. The number of hydrogen-bond donors (Lipinski definition) is 0. The van der Waals surface area contributed by atoms with Gasteiger partial charge >= 0.3 is 11.9 Å². The van der Waals surface area contributed by atoms with Crippen LogP contribution in [0.1, 0.15) is 72.0 Å². The Morgan fingerprint density at radius 3 is 2.50 bits per heavy atom. The van der Waals surface area contributed by atoms with Gasteiger partial charge in [0.25, 0.3) is 0 Å². The summed E-state index contributed by atoms with van der Waals surface area (Å²) in [4.78, 5) is 60.9. The molecule has 0 bridgehead atoms. The third-order valence-electron chi connectivity index (χ3n) is 4.25. The van der Waals surface area contributed by atoms with E-state index in [1.54, 1.807) is 45.1 Å². The quantitative estimate of drug-likeness (QED) is 0.299. The summed E-state index contributed by atoms with van der Waals surface area (Å²) in [7, 11) is 0. The van der Waals surface area contributed by atoms with Gasteiger partial charge in [0.15, 0.2) is 17.3 Å². The van der Waals surface area contributed by atoms with E-state index in [1.807, 2.05) is 0 Å². The fourth-order valence-corrected chi connectivity index (χ4v) is 2.58. The predicted molar refractivity (Wildman–Crippen MR) is 105 cm³/mol. The van der Waals surface area contributed by atoms with Crippen molar-refractivity contribution < 1.29 is 37.9 Å². The molecule has 0 radical (unpaired) electrons. The lowest BCUT2D eigenvalue weighted by Gasteiger charge is -2.15. The molecule has 2 atom stereocenters. The van der Waals surface area contributed by atoms with E-state index in [0.717, 1.165) is 0 Å². The van der Waals surface area contributed by atoms with E-state index in [4.69, 9.17) is 13.9 Å². The van der Waals surface area contributed by atoms with Crippen molar-refractivity contribution >= 4 is 29.3 Å². The molecular weight excluding hydrogens is 392 g/mol. The Morgan fingerprint density at radius 1 is 1.13 bits per heavy atom. The molecule has 2 rings (SSSR count). The summed E-state index contributed by atoms with van der Waals surface area (Å²) < 4.78 is 15.2. The molecule has 0 spiro atoms. The van der Waals surface area contributed by atoms with Gasteiger partial charge in [-0.2, -0.15) is 0 Å². The molecular formula is C22H24O8. The van der Waals surface area contributed by atoms with Gasteiger partial charge < -0.3 is 13.9 Å². The number of rotatable bonds is 6. The molecule has 2 unspecified atom stereocenters. The first-order chi connectivity index (χ1) is 14.1. The van der Waals surface area contributed by atoms with Crippen LogP contribution in [0.3, 0.4) is 0 Å². The van der Waals surface area contributed by atoms with Crippen LogP contribution in [-0.2, 0) is 19.1 Å². The van der Waals surface area contributed by atoms with E-state index < -0.39 is 48.1 Å². The van der Waals surface area contributed by atoms with E-state index in [1.165, 1.54) is 13.0 Å². The minimum atomic E-state index is -1.16. The molecule has 0 aromatic carbocycles. The maximum absolute atomic E-state index is 12.6. The van der Waals surface area contributed by atoms with Crippen LogP contribution >= 0.6 is 0 Å². The van der Waals surface area contributed by atoms with Crippen molar-refractivity contribution in [2.24, 2.45) is 11.8 Å². The van der Waals surface area contributed by atoms with E-state index in [-0.39, 0.29) is 29.3 Å². The minimum absolute atomic E-state index is 0.00255. The number of ether oxygens (including phenoxy) is 2. The molecule has 1 heterocycles. The van der Waals surface area contributed by atoms with Gasteiger partial charge in [0.2, 0.25) is 17.9 Å². The van der Waals surface area contributed by atoms with E-state index in [2.05, 4.69) is 0 Å². The lowest BCUT2D eigenvalue weighted by atomic mass is 9.97. The summed E-state index contributed by atoms with van der Waals surface area (Å²) >= 11 is 0. The molecule has 1 aromatic heterocycles. The largest absolute Gasteiger partial charge is 0.449 e. The zero-order chi connectivity index (χ0) is 22.4. The van der Waals surface area contributed by atoms with E-state index in [9.17, 15) is 24.0 Å². The predicted octanol–water partition coefficient (Wildman–Crippen LogP) is 3.46. The number of hydrogen-bond acceptors (Lipinski definition) is 8. The van der Waals surface area contributed by atoms with Gasteiger partial charge in [-0.05, 0) is 6.07 Å². The van der Waals surface area contributed by atoms with Crippen molar-refractivity contribution in [2.75, 3.05) is 0 Å². The van der Waals surface area contributed by atoms with Crippen molar-refractivity contribution in [3.8, 4) is 0 Å². The molecule has 0 saturated heterocycles. The lowest BCUT2D eigenvalue weighted by Crippen LogP contribution is -2.25. The second kappa shape index (κ2) is 9.96. The van der Waals surface area contributed by atoms with Gasteiger partial charge in [-0.15, -0.1) is 0 Å². The first-order valence-electron chi connectivity index (χ1n) is 9.57. The van der Waals surface area contributed by atoms with Crippen molar-refractivity contribution in [1.29, 1.82) is 0 Å². The van der Waals surface area contributed by atoms with Gasteiger partial charge in [-0.3, -0.25) is 24.0 Å². The SMILES string of the molecule is CC(OC(=O)CC(=O)c1cc2c(o1)C(=O)C(C)/C=C\C=C/CC2=O)OC(=O)C(C)C. The van der Waals surface area contributed by atoms with Crippen LogP contribution < -0.4 is 0 Å². The minimum Gasteiger partial charge on any atom is -0.449 e. The number of carbonyl (C=O) groups is 5. The van der Waals surface area contributed by atoms with E-state index in [0.29, 0.717) is 0 Å². The Bertz CT molecular complexity index is 916. The molecule has 1 aliphatic rings. The maximum Gasteiger partial charge on any atom is 0.316 e. The average molecular weight is 416 g/mol. The number of carbonyl (C=O) groups excluding carboxylic acids is 5. The van der Waals surface area contributed by atoms with E-state index >= 15 is 0 Å². The Morgan fingerprint density at radius 2 is 1.83 bits per heavy atom. The van der Waals surface area contributed by atoms with Crippen LogP contribution in [0, 0.1) is 11.8 Å². The zero-order valence-corrected chi connectivity index (χ0v) is 17.3. The summed E-state index contributed by atoms with van der Waals surface area (Å²) in [6, 6.07) is 1.18. The molecule has 30 heavy (non-hydrogen) atoms. The molecule has 1 aliphatic carbocycles. The van der Waals surface area contributed by atoms with Gasteiger partial charge in [0.05, 0.1) is 11.5 Å². The number of furan rings is 1. The van der Waals surface area contributed by atoms with Crippen LogP contribution in [0.4, 0.5) is 0 Å². The Kier molecular flexibility index (Phi) is 7.63. The first-order valence-corrected chi connectivity index (χ1v) is 9.57. The fourth-order valence-electron chi connectivity index (χ4n) is 2.58. The third kappa shape index (κ3) is 5.85. The monoisotopic (exact) mass is 416 g/mol. The van der Waals surface area contributed by atoms with Gasteiger partial charge in [0.1, 0.15) is 6.42 Å². The van der Waals surface area contributed by atoms with Crippen molar-refractivity contribution in [1.82, 2.24) is 0 Å². The van der Waals surface area contributed by atoms with Crippen molar-refractivity contribution in [3.05, 3.63) is 47.5 Å². The molecule has 0 amide bonds. The van der Waals surface area contributed by atoms with Crippen LogP contribution in [0.15, 0.2) is 34.8 Å². The molecule has 0 saturated carbocycles. The Labute approximate surface area is 173 Å². The zero-order valence-electron chi connectivity index (χ0n) is 17.3. The topological polar surface area (TPSA) is 117 Å². The number of fused-ring (bicyclic) bond motifs is 1. The highest BCUT2D eigenvalue weighted by Gasteiger charge is 2.29. The summed E-state index contributed by atoms with van der Waals surface area (Å²) in [5, 5.41) is 0. The second-order valence-corrected chi connectivity index (χ2v) is 7.20. The summed E-state index contributed by atoms with van der Waals surface area (Å²) in [5.74, 6) is -4.51. The summed E-state index contributed by atoms with van der Waals surface area (Å²) in [6.45, 7) is 6.25. The molecule has 8 nitrogen and oxygen atoms in total. The molecule has 8 heteroatoms. The maximum atomic E-state index is 12.6. The number of Topliss-reactive ketones (excluding diaryl/α,β-unsaturated/α-hetero) is 3. The highest BCUT2D eigenvalue weighted by Crippen LogP contribution is 2.23.